The first-order chi connectivity index (χ1) is 17.8. The molecule has 1 amide bonds. The number of methoxy groups -OCH3 is 2. The molecule has 1 saturated heterocycles. The number of carbonyl (C=O) groups is 1. The van der Waals surface area contributed by atoms with Crippen molar-refractivity contribution in [2.45, 2.75) is 18.7 Å². The smallest absolute Gasteiger partial charge is 0.264 e. The summed E-state index contributed by atoms with van der Waals surface area (Å²) >= 11 is 0. The quantitative estimate of drug-likeness (QED) is 0.446. The maximum Gasteiger partial charge on any atom is 0.264 e. The first-order valence-corrected chi connectivity index (χ1v) is 13.6. The Labute approximate surface area is 219 Å². The van der Waals surface area contributed by atoms with Crippen LogP contribution in [0.4, 0.5) is 11.4 Å². The van der Waals surface area contributed by atoms with Gasteiger partial charge in [0.2, 0.25) is 5.91 Å². The highest BCUT2D eigenvalue weighted by Crippen LogP contribution is 2.36. The molecule has 0 N–H and O–H groups in total. The topological polar surface area (TPSA) is 79.4 Å². The Morgan fingerprint density at radius 3 is 2.24 bits per heavy atom. The Bertz CT molecular complexity index is 1350. The Hall–Kier alpha value is -3.72. The summed E-state index contributed by atoms with van der Waals surface area (Å²) in [4.78, 5) is 17.6. The zero-order valence-electron chi connectivity index (χ0n) is 21.7. The van der Waals surface area contributed by atoms with Crippen LogP contribution in [0.5, 0.6) is 11.5 Å². The minimum atomic E-state index is -4.07. The van der Waals surface area contributed by atoms with Gasteiger partial charge in [-0.05, 0) is 55.3 Å². The molecule has 0 bridgehead atoms. The first kappa shape index (κ1) is 26.3. The largest absolute Gasteiger partial charge is 0.497 e. The molecule has 4 rings (SSSR count). The van der Waals surface area contributed by atoms with Gasteiger partial charge in [-0.2, -0.15) is 0 Å². The number of carbonyl (C=O) groups excluding carboxylic acids is 1. The molecule has 0 saturated carbocycles. The Kier molecular flexibility index (Phi) is 7.92. The molecule has 196 valence electrons. The SMILES string of the molecule is COc1ccc(OC)c(N(CC(=O)N2CCN(c3cccc(C)c3C)CC2)S(=O)(=O)c2ccccc2)c1. The van der Waals surface area contributed by atoms with E-state index in [1.54, 1.807) is 41.3 Å². The van der Waals surface area contributed by atoms with Crippen molar-refractivity contribution in [3.05, 3.63) is 77.9 Å². The number of amides is 1. The van der Waals surface area contributed by atoms with Crippen molar-refractivity contribution in [1.82, 2.24) is 4.90 Å². The van der Waals surface area contributed by atoms with E-state index in [0.717, 1.165) is 4.31 Å². The van der Waals surface area contributed by atoms with Crippen molar-refractivity contribution >= 4 is 27.3 Å². The molecule has 3 aromatic rings. The van der Waals surface area contributed by atoms with Crippen LogP contribution in [0.3, 0.4) is 0 Å². The fourth-order valence-electron chi connectivity index (χ4n) is 4.51. The molecule has 0 spiro atoms. The summed E-state index contributed by atoms with van der Waals surface area (Å²) in [6.45, 7) is 6.18. The highest BCUT2D eigenvalue weighted by atomic mass is 32.2. The molecule has 0 atom stereocenters. The third-order valence-electron chi connectivity index (χ3n) is 6.81. The molecule has 37 heavy (non-hydrogen) atoms. The van der Waals surface area contributed by atoms with Gasteiger partial charge in [0.1, 0.15) is 18.0 Å². The highest BCUT2D eigenvalue weighted by molar-refractivity contribution is 7.92. The Morgan fingerprint density at radius 1 is 0.892 bits per heavy atom. The number of rotatable bonds is 8. The number of piperazine rings is 1. The molecular weight excluding hydrogens is 490 g/mol. The molecule has 1 fully saturated rings. The van der Waals surface area contributed by atoms with Gasteiger partial charge in [-0.1, -0.05) is 30.3 Å². The first-order valence-electron chi connectivity index (χ1n) is 12.1. The molecule has 0 radical (unpaired) electrons. The van der Waals surface area contributed by atoms with E-state index in [1.165, 1.54) is 43.2 Å². The van der Waals surface area contributed by atoms with Crippen molar-refractivity contribution in [3.8, 4) is 11.5 Å². The van der Waals surface area contributed by atoms with Crippen LogP contribution in [-0.2, 0) is 14.8 Å². The van der Waals surface area contributed by atoms with Crippen LogP contribution in [-0.4, -0.2) is 66.2 Å². The van der Waals surface area contributed by atoms with Crippen LogP contribution in [0.2, 0.25) is 0 Å². The van der Waals surface area contributed by atoms with Gasteiger partial charge in [-0.25, -0.2) is 8.42 Å². The van der Waals surface area contributed by atoms with E-state index < -0.39 is 10.0 Å². The number of hydrogen-bond acceptors (Lipinski definition) is 6. The average molecular weight is 524 g/mol. The predicted molar refractivity (Wildman–Crippen MR) is 145 cm³/mol. The van der Waals surface area contributed by atoms with E-state index in [2.05, 4.69) is 30.9 Å². The van der Waals surface area contributed by atoms with Crippen LogP contribution in [0.25, 0.3) is 0 Å². The Balaban J connectivity index is 1.60. The normalized spacial score (nSPS) is 13.8. The van der Waals surface area contributed by atoms with Crippen molar-refractivity contribution in [1.29, 1.82) is 0 Å². The monoisotopic (exact) mass is 523 g/mol. The van der Waals surface area contributed by atoms with E-state index in [4.69, 9.17) is 9.47 Å². The molecule has 0 aromatic heterocycles. The van der Waals surface area contributed by atoms with Crippen LogP contribution in [0.15, 0.2) is 71.6 Å². The third kappa shape index (κ3) is 5.51. The third-order valence-corrected chi connectivity index (χ3v) is 8.59. The molecular formula is C28H33N3O5S. The zero-order chi connectivity index (χ0) is 26.6. The Morgan fingerprint density at radius 2 is 1.59 bits per heavy atom. The maximum absolute atomic E-state index is 13.8. The van der Waals surface area contributed by atoms with Gasteiger partial charge < -0.3 is 19.3 Å². The van der Waals surface area contributed by atoms with Crippen molar-refractivity contribution in [3.63, 3.8) is 0 Å². The number of ether oxygens (including phenoxy) is 2. The molecule has 0 aliphatic carbocycles. The number of nitrogens with zero attached hydrogens (tertiary/aromatic N) is 3. The van der Waals surface area contributed by atoms with Crippen LogP contribution in [0.1, 0.15) is 11.1 Å². The van der Waals surface area contributed by atoms with E-state index in [9.17, 15) is 13.2 Å². The minimum Gasteiger partial charge on any atom is -0.497 e. The van der Waals surface area contributed by atoms with Gasteiger partial charge in [-0.15, -0.1) is 0 Å². The molecule has 3 aromatic carbocycles. The van der Waals surface area contributed by atoms with Crippen molar-refractivity contribution in [2.75, 3.05) is 56.1 Å². The maximum atomic E-state index is 13.8. The van der Waals surface area contributed by atoms with Gasteiger partial charge >= 0.3 is 0 Å². The fraction of sp³-hybridized carbons (Fsp3) is 0.321. The lowest BCUT2D eigenvalue weighted by Crippen LogP contribution is -2.52. The number of anilines is 2. The van der Waals surface area contributed by atoms with Crippen molar-refractivity contribution < 1.29 is 22.7 Å². The predicted octanol–water partition coefficient (Wildman–Crippen LogP) is 3.86. The van der Waals surface area contributed by atoms with E-state index in [0.29, 0.717) is 37.7 Å². The van der Waals surface area contributed by atoms with Gasteiger partial charge in [-0.3, -0.25) is 9.10 Å². The highest BCUT2D eigenvalue weighted by Gasteiger charge is 2.32. The summed E-state index contributed by atoms with van der Waals surface area (Å²) in [7, 11) is -1.10. The van der Waals surface area contributed by atoms with Crippen molar-refractivity contribution in [2.24, 2.45) is 0 Å². The molecule has 1 aliphatic rings. The second-order valence-corrected chi connectivity index (χ2v) is 10.8. The van der Waals surface area contributed by atoms with Gasteiger partial charge in [0.15, 0.2) is 0 Å². The summed E-state index contributed by atoms with van der Waals surface area (Å²) in [6.07, 6.45) is 0. The second kappa shape index (κ2) is 11.1. The minimum absolute atomic E-state index is 0.0902. The molecule has 9 heteroatoms. The zero-order valence-corrected chi connectivity index (χ0v) is 22.5. The molecule has 0 unspecified atom stereocenters. The summed E-state index contributed by atoms with van der Waals surface area (Å²) in [5.74, 6) is 0.511. The summed E-state index contributed by atoms with van der Waals surface area (Å²) in [5, 5.41) is 0. The molecule has 1 aliphatic heterocycles. The van der Waals surface area contributed by atoms with E-state index >= 15 is 0 Å². The van der Waals surface area contributed by atoms with Crippen LogP contribution in [0, 0.1) is 13.8 Å². The summed E-state index contributed by atoms with van der Waals surface area (Å²) in [5.41, 5.74) is 3.87. The number of sulfonamides is 1. The van der Waals surface area contributed by atoms with E-state index in [1.807, 2.05) is 6.07 Å². The second-order valence-electron chi connectivity index (χ2n) is 8.95. The molecule has 8 nitrogen and oxygen atoms in total. The number of hydrogen-bond donors (Lipinski definition) is 0. The number of aryl methyl sites for hydroxylation is 1. The van der Waals surface area contributed by atoms with Gasteiger partial charge in [0.25, 0.3) is 10.0 Å². The van der Waals surface area contributed by atoms with E-state index in [-0.39, 0.29) is 23.0 Å². The van der Waals surface area contributed by atoms with Crippen LogP contribution >= 0.6 is 0 Å². The van der Waals surface area contributed by atoms with Gasteiger partial charge in [0, 0.05) is 37.9 Å². The lowest BCUT2D eigenvalue weighted by atomic mass is 10.1. The summed E-state index contributed by atoms with van der Waals surface area (Å²) < 4.78 is 39.5. The average Bonchev–Trinajstić information content (AvgIpc) is 2.93. The van der Waals surface area contributed by atoms with Crippen LogP contribution < -0.4 is 18.7 Å². The number of benzene rings is 3. The molecule has 1 heterocycles. The van der Waals surface area contributed by atoms with Gasteiger partial charge in [0.05, 0.1) is 24.8 Å². The lowest BCUT2D eigenvalue weighted by molar-refractivity contribution is -0.129. The summed E-state index contributed by atoms with van der Waals surface area (Å²) in [6, 6.07) is 19.2. The fourth-order valence-corrected chi connectivity index (χ4v) is 5.95. The lowest BCUT2D eigenvalue weighted by Gasteiger charge is -2.38. The standard InChI is InChI=1S/C28H33N3O5S/c1-21-9-8-12-25(22(21)2)29-15-17-30(18-16-29)28(32)20-31(37(33,34)24-10-6-5-7-11-24)26-19-23(35-3)13-14-27(26)36-4/h5-14,19H,15-18,20H2,1-4H3.